The van der Waals surface area contributed by atoms with Crippen molar-refractivity contribution in [1.29, 1.82) is 0 Å². The first kappa shape index (κ1) is 15.7. The van der Waals surface area contributed by atoms with E-state index in [1.807, 2.05) is 19.1 Å². The van der Waals surface area contributed by atoms with Crippen molar-refractivity contribution in [3.8, 4) is 0 Å². The highest BCUT2D eigenvalue weighted by molar-refractivity contribution is 6.11. The lowest BCUT2D eigenvalue weighted by molar-refractivity contribution is -0.114. The minimum absolute atomic E-state index is 0.160. The third-order valence-electron chi connectivity index (χ3n) is 3.11. The van der Waals surface area contributed by atoms with Crippen molar-refractivity contribution in [3.63, 3.8) is 0 Å². The van der Waals surface area contributed by atoms with E-state index in [-0.39, 0.29) is 16.6 Å². The Morgan fingerprint density at radius 2 is 1.42 bits per heavy atom. The summed E-state index contributed by atoms with van der Waals surface area (Å²) in [6.45, 7) is 15.0. The Kier molecular flexibility index (Phi) is 4.44. The molecule has 19 heavy (non-hydrogen) atoms. The Bertz CT molecular complexity index is 413. The van der Waals surface area contributed by atoms with Gasteiger partial charge in [-0.05, 0) is 29.9 Å². The lowest BCUT2D eigenvalue weighted by Gasteiger charge is -2.31. The van der Waals surface area contributed by atoms with Crippen molar-refractivity contribution in [2.45, 2.75) is 48.5 Å². The van der Waals surface area contributed by atoms with Crippen LogP contribution in [0.5, 0.6) is 0 Å². The molecule has 1 rings (SSSR count). The summed E-state index contributed by atoms with van der Waals surface area (Å²) in [6.07, 6.45) is 5.64. The van der Waals surface area contributed by atoms with E-state index in [1.54, 1.807) is 6.26 Å². The van der Waals surface area contributed by atoms with Gasteiger partial charge in [0.15, 0.2) is 5.78 Å². The van der Waals surface area contributed by atoms with E-state index < -0.39 is 0 Å². The smallest absolute Gasteiger partial charge is 0.186 e. The fourth-order valence-electron chi connectivity index (χ4n) is 2.01. The van der Waals surface area contributed by atoms with Crippen LogP contribution in [-0.4, -0.2) is 12.4 Å². The molecule has 0 radical (unpaired) electrons. The molecule has 106 valence electrons. The molecule has 0 heterocycles. The summed E-state index contributed by atoms with van der Waals surface area (Å²) < 4.78 is 5.37. The SMILES string of the molecule is CCOC=C1C=C(C(C)(C)C)C(=O)C(C(C)(C)C)=C1. The van der Waals surface area contributed by atoms with E-state index in [1.165, 1.54) is 0 Å². The fourth-order valence-corrected chi connectivity index (χ4v) is 2.01. The Labute approximate surface area is 117 Å². The molecule has 0 N–H and O–H groups in total. The van der Waals surface area contributed by atoms with Crippen molar-refractivity contribution in [3.05, 3.63) is 35.1 Å². The van der Waals surface area contributed by atoms with Gasteiger partial charge in [-0.15, -0.1) is 0 Å². The highest BCUT2D eigenvalue weighted by Gasteiger charge is 2.33. The number of ether oxygens (including phenoxy) is 1. The van der Waals surface area contributed by atoms with Crippen molar-refractivity contribution < 1.29 is 9.53 Å². The van der Waals surface area contributed by atoms with Crippen LogP contribution in [0.4, 0.5) is 0 Å². The summed E-state index contributed by atoms with van der Waals surface area (Å²) in [5.74, 6) is 0.161. The second kappa shape index (κ2) is 5.36. The van der Waals surface area contributed by atoms with E-state index in [9.17, 15) is 4.79 Å². The molecular weight excluding hydrogens is 236 g/mol. The van der Waals surface area contributed by atoms with Gasteiger partial charge in [-0.1, -0.05) is 41.5 Å². The average molecular weight is 262 g/mol. The van der Waals surface area contributed by atoms with Gasteiger partial charge in [-0.2, -0.15) is 0 Å². The van der Waals surface area contributed by atoms with Gasteiger partial charge >= 0.3 is 0 Å². The average Bonchev–Trinajstić information content (AvgIpc) is 2.24. The molecule has 0 aromatic rings. The highest BCUT2D eigenvalue weighted by Crippen LogP contribution is 2.38. The summed E-state index contributed by atoms with van der Waals surface area (Å²) in [6, 6.07) is 0. The molecule has 0 bridgehead atoms. The van der Waals surface area contributed by atoms with Gasteiger partial charge in [0.25, 0.3) is 0 Å². The molecule has 0 unspecified atom stereocenters. The predicted octanol–water partition coefficient (Wildman–Crippen LogP) is 4.43. The maximum atomic E-state index is 12.6. The van der Waals surface area contributed by atoms with Crippen molar-refractivity contribution in [2.24, 2.45) is 10.8 Å². The van der Waals surface area contributed by atoms with Crippen LogP contribution in [0.15, 0.2) is 35.1 Å². The van der Waals surface area contributed by atoms with E-state index in [2.05, 4.69) is 41.5 Å². The van der Waals surface area contributed by atoms with E-state index in [0.717, 1.165) is 16.7 Å². The first-order chi connectivity index (χ1) is 8.57. The molecule has 2 nitrogen and oxygen atoms in total. The molecule has 2 heteroatoms. The Morgan fingerprint density at radius 3 is 1.74 bits per heavy atom. The third-order valence-corrected chi connectivity index (χ3v) is 3.11. The lowest BCUT2D eigenvalue weighted by atomic mass is 9.72. The van der Waals surface area contributed by atoms with Crippen LogP contribution in [-0.2, 0) is 9.53 Å². The van der Waals surface area contributed by atoms with Gasteiger partial charge in [0, 0.05) is 16.7 Å². The number of hydrogen-bond acceptors (Lipinski definition) is 2. The summed E-state index contributed by atoms with van der Waals surface area (Å²) in [5.41, 5.74) is 2.35. The van der Waals surface area contributed by atoms with Gasteiger partial charge in [0.05, 0.1) is 12.9 Å². The topological polar surface area (TPSA) is 26.3 Å². The maximum Gasteiger partial charge on any atom is 0.186 e. The van der Waals surface area contributed by atoms with Crippen molar-refractivity contribution in [1.82, 2.24) is 0 Å². The second-order valence-corrected chi connectivity index (χ2v) is 7.02. The standard InChI is InChI=1S/C17H26O2/c1-8-19-11-12-9-13(16(2,3)4)15(18)14(10-12)17(5,6)7/h9-11H,8H2,1-7H3. The van der Waals surface area contributed by atoms with Gasteiger partial charge in [-0.3, -0.25) is 4.79 Å². The minimum atomic E-state index is -0.160. The van der Waals surface area contributed by atoms with Crippen LogP contribution >= 0.6 is 0 Å². The summed E-state index contributed by atoms with van der Waals surface area (Å²) >= 11 is 0. The molecule has 0 aromatic carbocycles. The number of ketones is 1. The van der Waals surface area contributed by atoms with Crippen LogP contribution in [0.25, 0.3) is 0 Å². The molecule has 1 aliphatic rings. The molecule has 0 saturated heterocycles. The number of carbonyl (C=O) groups is 1. The molecular formula is C17H26O2. The van der Waals surface area contributed by atoms with Gasteiger partial charge in [0.2, 0.25) is 0 Å². The van der Waals surface area contributed by atoms with Gasteiger partial charge in [-0.25, -0.2) is 0 Å². The number of carbonyl (C=O) groups excluding carboxylic acids is 1. The van der Waals surface area contributed by atoms with Crippen LogP contribution in [0.2, 0.25) is 0 Å². The van der Waals surface area contributed by atoms with Crippen LogP contribution in [0.3, 0.4) is 0 Å². The van der Waals surface area contributed by atoms with Crippen molar-refractivity contribution >= 4 is 5.78 Å². The molecule has 0 atom stereocenters. The first-order valence-corrected chi connectivity index (χ1v) is 6.88. The predicted molar refractivity (Wildman–Crippen MR) is 79.8 cm³/mol. The molecule has 0 aliphatic heterocycles. The zero-order valence-electron chi connectivity index (χ0n) is 13.3. The maximum absolute atomic E-state index is 12.6. The molecule has 0 spiro atoms. The molecule has 0 fully saturated rings. The van der Waals surface area contributed by atoms with Crippen LogP contribution < -0.4 is 0 Å². The van der Waals surface area contributed by atoms with Gasteiger partial charge < -0.3 is 4.74 Å². The monoisotopic (exact) mass is 262 g/mol. The van der Waals surface area contributed by atoms with Crippen molar-refractivity contribution in [2.75, 3.05) is 6.61 Å². The minimum Gasteiger partial charge on any atom is -0.501 e. The zero-order valence-corrected chi connectivity index (χ0v) is 13.3. The largest absolute Gasteiger partial charge is 0.501 e. The number of Topliss-reactive ketones (excluding diaryl/α,β-unsaturated/α-hetero) is 1. The van der Waals surface area contributed by atoms with E-state index in [4.69, 9.17) is 4.74 Å². The summed E-state index contributed by atoms with van der Waals surface area (Å²) in [5, 5.41) is 0. The number of allylic oxidation sites excluding steroid dienone is 5. The van der Waals surface area contributed by atoms with E-state index in [0.29, 0.717) is 6.61 Å². The molecule has 0 saturated carbocycles. The first-order valence-electron chi connectivity index (χ1n) is 6.88. The summed E-state index contributed by atoms with van der Waals surface area (Å²) in [4.78, 5) is 12.6. The number of rotatable bonds is 2. The Balaban J connectivity index is 3.30. The highest BCUT2D eigenvalue weighted by atomic mass is 16.5. The zero-order chi connectivity index (χ0) is 14.8. The fraction of sp³-hybridized carbons (Fsp3) is 0.588. The summed E-state index contributed by atoms with van der Waals surface area (Å²) in [7, 11) is 0. The quantitative estimate of drug-likeness (QED) is 0.688. The van der Waals surface area contributed by atoms with Gasteiger partial charge in [0.1, 0.15) is 0 Å². The molecule has 0 aromatic heterocycles. The normalized spacial score (nSPS) is 17.0. The molecule has 1 aliphatic carbocycles. The van der Waals surface area contributed by atoms with E-state index >= 15 is 0 Å². The Hall–Kier alpha value is -1.31. The lowest BCUT2D eigenvalue weighted by Crippen LogP contribution is -2.27. The van der Waals surface area contributed by atoms with Crippen LogP contribution in [0, 0.1) is 10.8 Å². The molecule has 0 amide bonds. The third kappa shape index (κ3) is 3.82. The van der Waals surface area contributed by atoms with Crippen LogP contribution in [0.1, 0.15) is 48.5 Å². The Morgan fingerprint density at radius 1 is 1.00 bits per heavy atom. The number of hydrogen-bond donors (Lipinski definition) is 0. The second-order valence-electron chi connectivity index (χ2n) is 7.02.